The molecule has 1 aliphatic carbocycles. The summed E-state index contributed by atoms with van der Waals surface area (Å²) in [5.41, 5.74) is 10.7. The van der Waals surface area contributed by atoms with Crippen molar-refractivity contribution in [3.63, 3.8) is 0 Å². The van der Waals surface area contributed by atoms with Crippen molar-refractivity contribution < 1.29 is 14.3 Å². The van der Waals surface area contributed by atoms with Gasteiger partial charge in [0, 0.05) is 12.9 Å². The van der Waals surface area contributed by atoms with E-state index in [1.165, 1.54) is 31.9 Å². The molecule has 0 unspecified atom stereocenters. The summed E-state index contributed by atoms with van der Waals surface area (Å²) in [7, 11) is 5.03. The van der Waals surface area contributed by atoms with Gasteiger partial charge in [0.05, 0.1) is 25.8 Å². The number of hydrogen-bond acceptors (Lipinski definition) is 5. The standard InChI is InChI=1S/C18H31ClN2O.C8H14O2.C2H6/c1-7-9-14(3)17(22-6)12-11-15(4)18(21-20-5)16(13-19)10-8-2;1-10-8(9)7-5-3-2-4-6-7;1-2/h9,11-12,20-21H,7-8,10,13H2,1-6H3;7H,2-6H2,1H3;1-2H3/b14-9+,15-11+,17-12+,18-16+;;. The maximum absolute atomic E-state index is 10.9. The van der Waals surface area contributed by atoms with Gasteiger partial charge in [0.2, 0.25) is 0 Å². The van der Waals surface area contributed by atoms with Gasteiger partial charge in [0.1, 0.15) is 5.76 Å². The Morgan fingerprint density at radius 3 is 2.06 bits per heavy atom. The molecule has 0 aromatic carbocycles. The number of methoxy groups -OCH3 is 2. The minimum Gasteiger partial charge on any atom is -0.497 e. The van der Waals surface area contributed by atoms with Gasteiger partial charge in [-0.3, -0.25) is 4.79 Å². The molecule has 1 saturated carbocycles. The van der Waals surface area contributed by atoms with Crippen LogP contribution < -0.4 is 10.9 Å². The van der Waals surface area contributed by atoms with Crippen molar-refractivity contribution in [1.82, 2.24) is 10.9 Å². The number of allylic oxidation sites excluding steroid dienone is 6. The quantitative estimate of drug-likeness (QED) is 0.101. The highest BCUT2D eigenvalue weighted by Gasteiger charge is 2.20. The van der Waals surface area contributed by atoms with Gasteiger partial charge in [-0.2, -0.15) is 0 Å². The van der Waals surface area contributed by atoms with Crippen LogP contribution in [0.25, 0.3) is 0 Å². The van der Waals surface area contributed by atoms with Gasteiger partial charge in [0.25, 0.3) is 0 Å². The molecule has 0 aliphatic heterocycles. The summed E-state index contributed by atoms with van der Waals surface area (Å²) in [5, 5.41) is 0. The number of alkyl halides is 1. The third-order valence-corrected chi connectivity index (χ3v) is 5.78. The van der Waals surface area contributed by atoms with Crippen LogP contribution in [-0.2, 0) is 14.3 Å². The van der Waals surface area contributed by atoms with Crippen LogP contribution in [-0.4, -0.2) is 33.1 Å². The molecule has 0 bridgehead atoms. The third kappa shape index (κ3) is 14.5. The SMILES string of the molecule is CC.CC/C=C(C)/C(=C\C=C(C)\C(NNC)=C(/CCl)CCC)OC.COC(=O)C1CCCCC1. The maximum atomic E-state index is 10.9. The molecule has 0 saturated heterocycles. The molecular weight excluding hydrogens is 448 g/mol. The molecule has 1 rings (SSSR count). The summed E-state index contributed by atoms with van der Waals surface area (Å²) in [4.78, 5) is 10.9. The van der Waals surface area contributed by atoms with Crippen molar-refractivity contribution >= 4 is 17.6 Å². The summed E-state index contributed by atoms with van der Waals surface area (Å²) in [5.74, 6) is 1.60. The number of hydrogen-bond donors (Lipinski definition) is 2. The number of ether oxygens (including phenoxy) is 2. The second kappa shape index (κ2) is 23.0. The fourth-order valence-corrected chi connectivity index (χ4v) is 3.97. The largest absolute Gasteiger partial charge is 0.497 e. The smallest absolute Gasteiger partial charge is 0.308 e. The summed E-state index contributed by atoms with van der Waals surface area (Å²) in [6.07, 6.45) is 15.0. The van der Waals surface area contributed by atoms with Gasteiger partial charge in [-0.1, -0.05) is 65.5 Å². The number of carbonyl (C=O) groups is 1. The van der Waals surface area contributed by atoms with Crippen molar-refractivity contribution in [3.05, 3.63) is 46.4 Å². The van der Waals surface area contributed by atoms with E-state index in [1.807, 2.05) is 27.0 Å². The first-order valence-corrected chi connectivity index (χ1v) is 13.3. The Morgan fingerprint density at radius 2 is 1.62 bits per heavy atom. The first kappa shape index (κ1) is 34.4. The molecule has 0 aromatic rings. The second-order valence-corrected chi connectivity index (χ2v) is 8.24. The van der Waals surface area contributed by atoms with Crippen LogP contribution in [0.5, 0.6) is 0 Å². The molecule has 1 aliphatic rings. The lowest BCUT2D eigenvalue weighted by atomic mass is 9.89. The summed E-state index contributed by atoms with van der Waals surface area (Å²) >= 11 is 6.10. The Labute approximate surface area is 215 Å². The van der Waals surface area contributed by atoms with E-state index in [0.29, 0.717) is 5.88 Å². The Bertz CT molecular complexity index is 661. The van der Waals surface area contributed by atoms with Crippen molar-refractivity contribution in [1.29, 1.82) is 0 Å². The minimum absolute atomic E-state index is 0.0142. The van der Waals surface area contributed by atoms with E-state index in [2.05, 4.69) is 55.4 Å². The highest BCUT2D eigenvalue weighted by molar-refractivity contribution is 6.19. The topological polar surface area (TPSA) is 59.6 Å². The molecule has 0 heterocycles. The molecule has 0 radical (unpaired) electrons. The molecule has 0 atom stereocenters. The van der Waals surface area contributed by atoms with E-state index in [0.717, 1.165) is 54.7 Å². The Kier molecular flexibility index (Phi) is 23.3. The number of carbonyl (C=O) groups excluding carboxylic acids is 1. The lowest BCUT2D eigenvalue weighted by molar-refractivity contribution is -0.146. The van der Waals surface area contributed by atoms with E-state index in [-0.39, 0.29) is 11.9 Å². The monoisotopic (exact) mass is 498 g/mol. The van der Waals surface area contributed by atoms with E-state index in [9.17, 15) is 4.79 Å². The number of nitrogens with one attached hydrogen (secondary N) is 2. The molecule has 1 fully saturated rings. The Morgan fingerprint density at radius 1 is 1.00 bits per heavy atom. The van der Waals surface area contributed by atoms with Crippen molar-refractivity contribution in [3.8, 4) is 0 Å². The molecular formula is C28H51ClN2O3. The van der Waals surface area contributed by atoms with Gasteiger partial charge in [-0.15, -0.1) is 11.6 Å². The fourth-order valence-electron chi connectivity index (χ4n) is 3.71. The highest BCUT2D eigenvalue weighted by atomic mass is 35.5. The van der Waals surface area contributed by atoms with E-state index in [1.54, 1.807) is 7.11 Å². The number of halogens is 1. The van der Waals surface area contributed by atoms with Crippen LogP contribution in [0, 0.1) is 5.92 Å². The Balaban J connectivity index is 0. The van der Waals surface area contributed by atoms with Gasteiger partial charge < -0.3 is 14.9 Å². The summed E-state index contributed by atoms with van der Waals surface area (Å²) < 4.78 is 10.1. The van der Waals surface area contributed by atoms with Crippen LogP contribution in [0.3, 0.4) is 0 Å². The average Bonchev–Trinajstić information content (AvgIpc) is 2.88. The van der Waals surface area contributed by atoms with Gasteiger partial charge in [-0.25, -0.2) is 5.43 Å². The molecule has 5 nitrogen and oxygen atoms in total. The zero-order valence-electron chi connectivity index (χ0n) is 23.3. The van der Waals surface area contributed by atoms with Gasteiger partial charge in [0.15, 0.2) is 0 Å². The number of hydrazine groups is 1. The van der Waals surface area contributed by atoms with Crippen LogP contribution in [0.4, 0.5) is 0 Å². The molecule has 0 amide bonds. The highest BCUT2D eigenvalue weighted by Crippen LogP contribution is 2.24. The zero-order valence-corrected chi connectivity index (χ0v) is 24.0. The molecule has 34 heavy (non-hydrogen) atoms. The first-order valence-electron chi connectivity index (χ1n) is 12.8. The van der Waals surface area contributed by atoms with E-state index >= 15 is 0 Å². The van der Waals surface area contributed by atoms with Crippen molar-refractivity contribution in [2.45, 2.75) is 92.9 Å². The first-order chi connectivity index (χ1) is 16.4. The van der Waals surface area contributed by atoms with Gasteiger partial charge in [-0.05, 0) is 62.3 Å². The maximum Gasteiger partial charge on any atom is 0.308 e. The molecule has 0 aromatic heterocycles. The second-order valence-electron chi connectivity index (χ2n) is 7.98. The normalized spacial score (nSPS) is 15.8. The molecule has 0 spiro atoms. The third-order valence-electron chi connectivity index (χ3n) is 5.45. The van der Waals surface area contributed by atoms with Crippen molar-refractivity contribution in [2.75, 3.05) is 27.1 Å². The van der Waals surface area contributed by atoms with Gasteiger partial charge >= 0.3 is 5.97 Å². The minimum atomic E-state index is -0.0142. The molecule has 2 N–H and O–H groups in total. The summed E-state index contributed by atoms with van der Waals surface area (Å²) in [6.45, 7) is 12.4. The van der Waals surface area contributed by atoms with Crippen molar-refractivity contribution in [2.24, 2.45) is 5.92 Å². The van der Waals surface area contributed by atoms with Crippen LogP contribution in [0.2, 0.25) is 0 Å². The van der Waals surface area contributed by atoms with Crippen LogP contribution >= 0.6 is 11.6 Å². The lowest BCUT2D eigenvalue weighted by Gasteiger charge is -2.18. The lowest BCUT2D eigenvalue weighted by Crippen LogP contribution is -2.28. The number of rotatable bonds is 11. The molecule has 198 valence electrons. The summed E-state index contributed by atoms with van der Waals surface area (Å²) in [6, 6.07) is 0. The molecule has 6 heteroatoms. The van der Waals surface area contributed by atoms with E-state index in [4.69, 9.17) is 16.3 Å². The van der Waals surface area contributed by atoms with Crippen LogP contribution in [0.15, 0.2) is 46.4 Å². The fraction of sp³-hybridized carbons (Fsp3) is 0.679. The zero-order chi connectivity index (χ0) is 26.4. The predicted molar refractivity (Wildman–Crippen MR) is 148 cm³/mol. The van der Waals surface area contributed by atoms with Crippen LogP contribution in [0.1, 0.15) is 92.9 Å². The number of esters is 1. The average molecular weight is 499 g/mol. The Hall–Kier alpha value is -1.72. The predicted octanol–water partition coefficient (Wildman–Crippen LogP) is 7.60. The van der Waals surface area contributed by atoms with E-state index < -0.39 is 0 Å².